The van der Waals surface area contributed by atoms with Crippen molar-refractivity contribution in [3.63, 3.8) is 0 Å². The first-order valence-corrected chi connectivity index (χ1v) is 10.1. The van der Waals surface area contributed by atoms with Gasteiger partial charge in [0, 0.05) is 5.57 Å². The second-order valence-corrected chi connectivity index (χ2v) is 7.74. The molecule has 0 aromatic carbocycles. The molecule has 0 spiro atoms. The fraction of sp³-hybridized carbons (Fsp3) is 0.842. The maximum Gasteiger partial charge on any atom is 0.333 e. The molecular weight excluding hydrogens is 436 g/mol. The van der Waals surface area contributed by atoms with Gasteiger partial charge in [-0.1, -0.05) is 6.08 Å². The standard InChI is InChI=1S/C19H32O13/c1-3-9(2)16(26)28-5-10(4-20)31-17-14(24)13(23)12(22)11(32-17)6-29-18-15(25)19(27,7-21)8-30-18/h3,10-15,17-18,20-25,27H,4-8H2,1-2H3/b9-3-/t10-,11-,12-,13+,14-,15+,17-,18-,19+/m1/s1. The Labute approximate surface area is 184 Å². The third-order valence-corrected chi connectivity index (χ3v) is 5.36. The van der Waals surface area contributed by atoms with Gasteiger partial charge in [0.2, 0.25) is 0 Å². The molecule has 0 saturated carbocycles. The van der Waals surface area contributed by atoms with Crippen LogP contribution in [0.5, 0.6) is 0 Å². The highest BCUT2D eigenvalue weighted by Crippen LogP contribution is 2.28. The Kier molecular flexibility index (Phi) is 9.93. The smallest absolute Gasteiger partial charge is 0.333 e. The highest BCUT2D eigenvalue weighted by Gasteiger charge is 2.50. The number of carbonyl (C=O) groups excluding carboxylic acids is 1. The zero-order chi connectivity index (χ0) is 24.1. The van der Waals surface area contributed by atoms with Gasteiger partial charge in [0.15, 0.2) is 12.6 Å². The molecule has 0 bridgehead atoms. The minimum absolute atomic E-state index is 0.343. The van der Waals surface area contributed by atoms with E-state index in [-0.39, 0.29) is 13.2 Å². The Morgan fingerprint density at radius 3 is 2.41 bits per heavy atom. The van der Waals surface area contributed by atoms with Crippen LogP contribution in [0.1, 0.15) is 13.8 Å². The Hall–Kier alpha value is -1.23. The van der Waals surface area contributed by atoms with Crippen LogP contribution in [0, 0.1) is 0 Å². The van der Waals surface area contributed by atoms with Gasteiger partial charge in [-0.25, -0.2) is 4.79 Å². The second kappa shape index (κ2) is 11.8. The van der Waals surface area contributed by atoms with E-state index in [2.05, 4.69) is 0 Å². The maximum absolute atomic E-state index is 11.7. The maximum atomic E-state index is 11.7. The number of rotatable bonds is 10. The number of carbonyl (C=O) groups is 1. The lowest BCUT2D eigenvalue weighted by Crippen LogP contribution is -2.60. The lowest BCUT2D eigenvalue weighted by Gasteiger charge is -2.41. The lowest BCUT2D eigenvalue weighted by atomic mass is 9.99. The number of hydrogen-bond donors (Lipinski definition) is 7. The van der Waals surface area contributed by atoms with Crippen molar-refractivity contribution >= 4 is 5.97 Å². The molecule has 2 aliphatic heterocycles. The average Bonchev–Trinajstić information content (AvgIpc) is 3.09. The van der Waals surface area contributed by atoms with Crippen LogP contribution in [0.3, 0.4) is 0 Å². The van der Waals surface area contributed by atoms with E-state index in [4.69, 9.17) is 28.8 Å². The topological polar surface area (TPSA) is 205 Å². The largest absolute Gasteiger partial charge is 0.459 e. The molecule has 0 aromatic heterocycles. The van der Waals surface area contributed by atoms with Gasteiger partial charge in [-0.15, -0.1) is 0 Å². The summed E-state index contributed by atoms with van der Waals surface area (Å²) in [7, 11) is 0. The number of esters is 1. The molecular formula is C19H32O13. The molecule has 2 fully saturated rings. The van der Waals surface area contributed by atoms with Gasteiger partial charge < -0.3 is 59.4 Å². The van der Waals surface area contributed by atoms with E-state index in [1.165, 1.54) is 0 Å². The Balaban J connectivity index is 1.95. The summed E-state index contributed by atoms with van der Waals surface area (Å²) >= 11 is 0. The Morgan fingerprint density at radius 2 is 1.84 bits per heavy atom. The molecule has 13 heteroatoms. The van der Waals surface area contributed by atoms with Crippen molar-refractivity contribution in [2.24, 2.45) is 0 Å². The zero-order valence-electron chi connectivity index (χ0n) is 17.8. The summed E-state index contributed by atoms with van der Waals surface area (Å²) < 4.78 is 26.2. The molecule has 186 valence electrons. The van der Waals surface area contributed by atoms with Crippen molar-refractivity contribution in [2.45, 2.75) is 68.7 Å². The van der Waals surface area contributed by atoms with E-state index < -0.39 is 80.6 Å². The summed E-state index contributed by atoms with van der Waals surface area (Å²) in [5.41, 5.74) is -1.56. The number of aliphatic hydroxyl groups is 7. The summed E-state index contributed by atoms with van der Waals surface area (Å²) in [4.78, 5) is 11.7. The fourth-order valence-corrected chi connectivity index (χ4v) is 3.02. The van der Waals surface area contributed by atoms with E-state index in [0.717, 1.165) is 0 Å². The van der Waals surface area contributed by atoms with Gasteiger partial charge in [-0.05, 0) is 13.8 Å². The summed E-state index contributed by atoms with van der Waals surface area (Å²) in [6, 6.07) is 0. The predicted molar refractivity (Wildman–Crippen MR) is 103 cm³/mol. The van der Waals surface area contributed by atoms with Crippen LogP contribution in [0.15, 0.2) is 11.6 Å². The van der Waals surface area contributed by atoms with Crippen molar-refractivity contribution in [2.75, 3.05) is 33.0 Å². The Bertz CT molecular complexity index is 643. The summed E-state index contributed by atoms with van der Waals surface area (Å²) in [5, 5.41) is 69.1. The number of ether oxygens (including phenoxy) is 5. The SMILES string of the molecule is C/C=C(/C)C(=O)OC[C@@H](CO)O[C@@H]1O[C@H](CO[C@@H]2OC[C@@](O)(CO)[C@H]2O)[C@@H](O)[C@H](O)[C@H]1O. The van der Waals surface area contributed by atoms with Crippen molar-refractivity contribution < 1.29 is 64.2 Å². The molecule has 0 aromatic rings. The first-order valence-electron chi connectivity index (χ1n) is 10.1. The van der Waals surface area contributed by atoms with Crippen molar-refractivity contribution in [1.82, 2.24) is 0 Å². The van der Waals surface area contributed by atoms with Crippen LogP contribution in [0.4, 0.5) is 0 Å². The molecule has 9 atom stereocenters. The third kappa shape index (κ3) is 6.21. The van der Waals surface area contributed by atoms with E-state index in [1.807, 2.05) is 0 Å². The van der Waals surface area contributed by atoms with E-state index >= 15 is 0 Å². The summed E-state index contributed by atoms with van der Waals surface area (Å²) in [6.45, 7) is 0.619. The van der Waals surface area contributed by atoms with E-state index in [9.17, 15) is 35.4 Å². The lowest BCUT2D eigenvalue weighted by molar-refractivity contribution is -0.322. The zero-order valence-corrected chi connectivity index (χ0v) is 17.8. The second-order valence-electron chi connectivity index (χ2n) is 7.74. The van der Waals surface area contributed by atoms with Gasteiger partial charge in [-0.3, -0.25) is 0 Å². The van der Waals surface area contributed by atoms with Gasteiger partial charge in [0.05, 0.1) is 26.4 Å². The van der Waals surface area contributed by atoms with Crippen molar-refractivity contribution in [3.8, 4) is 0 Å². The van der Waals surface area contributed by atoms with Crippen LogP contribution in [-0.2, 0) is 28.5 Å². The minimum Gasteiger partial charge on any atom is -0.459 e. The van der Waals surface area contributed by atoms with E-state index in [1.54, 1.807) is 19.9 Å². The van der Waals surface area contributed by atoms with Crippen LogP contribution in [-0.4, -0.2) is 130 Å². The number of allylic oxidation sites excluding steroid dienone is 1. The number of hydrogen-bond acceptors (Lipinski definition) is 13. The molecule has 0 radical (unpaired) electrons. The van der Waals surface area contributed by atoms with Crippen LogP contribution >= 0.6 is 0 Å². The minimum atomic E-state index is -1.91. The highest BCUT2D eigenvalue weighted by atomic mass is 16.7. The van der Waals surface area contributed by atoms with Gasteiger partial charge >= 0.3 is 5.97 Å². The van der Waals surface area contributed by atoms with Crippen molar-refractivity contribution in [3.05, 3.63) is 11.6 Å². The molecule has 2 aliphatic rings. The molecule has 32 heavy (non-hydrogen) atoms. The quantitative estimate of drug-likeness (QED) is 0.121. The summed E-state index contributed by atoms with van der Waals surface area (Å²) in [5.74, 6) is -0.626. The third-order valence-electron chi connectivity index (χ3n) is 5.36. The molecule has 0 aliphatic carbocycles. The summed E-state index contributed by atoms with van der Waals surface area (Å²) in [6.07, 6.45) is -10.3. The molecule has 7 N–H and O–H groups in total. The van der Waals surface area contributed by atoms with Gasteiger partial charge in [0.1, 0.15) is 48.8 Å². The number of aliphatic hydroxyl groups excluding tert-OH is 6. The van der Waals surface area contributed by atoms with E-state index in [0.29, 0.717) is 5.57 Å². The molecule has 2 heterocycles. The Morgan fingerprint density at radius 1 is 1.16 bits per heavy atom. The van der Waals surface area contributed by atoms with Gasteiger partial charge in [-0.2, -0.15) is 0 Å². The first-order chi connectivity index (χ1) is 15.1. The van der Waals surface area contributed by atoms with Crippen LogP contribution < -0.4 is 0 Å². The van der Waals surface area contributed by atoms with Crippen molar-refractivity contribution in [1.29, 1.82) is 0 Å². The highest BCUT2D eigenvalue weighted by molar-refractivity contribution is 5.87. The fourth-order valence-electron chi connectivity index (χ4n) is 3.02. The van der Waals surface area contributed by atoms with Crippen LogP contribution in [0.25, 0.3) is 0 Å². The molecule has 2 rings (SSSR count). The van der Waals surface area contributed by atoms with Crippen LogP contribution in [0.2, 0.25) is 0 Å². The molecule has 0 unspecified atom stereocenters. The average molecular weight is 468 g/mol. The molecule has 2 saturated heterocycles. The monoisotopic (exact) mass is 468 g/mol. The molecule has 13 nitrogen and oxygen atoms in total. The van der Waals surface area contributed by atoms with Gasteiger partial charge in [0.25, 0.3) is 0 Å². The normalized spacial score (nSPS) is 39.2. The first kappa shape index (κ1) is 27.0. The predicted octanol–water partition coefficient (Wildman–Crippen LogP) is -3.86. The molecule has 0 amide bonds.